The number of aromatic nitrogens is 2. The third-order valence-corrected chi connectivity index (χ3v) is 4.58. The molecule has 1 fully saturated rings. The molecule has 0 atom stereocenters. The normalized spacial score (nSPS) is 14.5. The molecule has 0 saturated carbocycles. The maximum Gasteiger partial charge on any atom is 0.271 e. The van der Waals surface area contributed by atoms with Crippen LogP contribution >= 0.6 is 0 Å². The number of hydrogen-bond donors (Lipinski definition) is 2. The van der Waals surface area contributed by atoms with Crippen molar-refractivity contribution in [3.05, 3.63) is 47.9 Å². The Kier molecular flexibility index (Phi) is 7.57. The summed E-state index contributed by atoms with van der Waals surface area (Å²) in [5.74, 6) is 1.27. The van der Waals surface area contributed by atoms with Crippen LogP contribution in [0.4, 0.5) is 5.82 Å². The smallest absolute Gasteiger partial charge is 0.271 e. The molecule has 0 radical (unpaired) electrons. The number of morpholine rings is 1. The number of ether oxygens (including phenoxy) is 2. The first-order valence-electron chi connectivity index (χ1n) is 9.52. The first-order valence-corrected chi connectivity index (χ1v) is 9.52. The van der Waals surface area contributed by atoms with Crippen molar-refractivity contribution in [2.75, 3.05) is 58.4 Å². The minimum absolute atomic E-state index is 0.221. The standard InChI is InChI=1S/C20H27N5O3/c1-27-17-4-2-16(3-5-17)6-7-22-20(26)18-14-24-19(15-23-18)21-8-9-25-10-12-28-13-11-25/h2-5,14-15H,6-13H2,1H3,(H,21,24)(H,22,26). The zero-order valence-electron chi connectivity index (χ0n) is 16.2. The molecule has 1 aliphatic heterocycles. The summed E-state index contributed by atoms with van der Waals surface area (Å²) in [4.78, 5) is 23.0. The summed E-state index contributed by atoms with van der Waals surface area (Å²) < 4.78 is 10.5. The van der Waals surface area contributed by atoms with Crippen LogP contribution in [-0.4, -0.2) is 73.8 Å². The number of anilines is 1. The highest BCUT2D eigenvalue weighted by Crippen LogP contribution is 2.11. The first kappa shape index (κ1) is 20.0. The lowest BCUT2D eigenvalue weighted by molar-refractivity contribution is 0.0398. The zero-order valence-corrected chi connectivity index (χ0v) is 16.2. The molecule has 8 nitrogen and oxygen atoms in total. The summed E-state index contributed by atoms with van der Waals surface area (Å²) in [5, 5.41) is 6.10. The van der Waals surface area contributed by atoms with E-state index >= 15 is 0 Å². The van der Waals surface area contributed by atoms with Gasteiger partial charge in [-0.15, -0.1) is 0 Å². The van der Waals surface area contributed by atoms with Gasteiger partial charge in [-0.2, -0.15) is 0 Å². The predicted octanol–water partition coefficient (Wildman–Crippen LogP) is 1.20. The number of amides is 1. The van der Waals surface area contributed by atoms with Gasteiger partial charge in [0.05, 0.1) is 32.7 Å². The second kappa shape index (κ2) is 10.6. The number of benzene rings is 1. The Morgan fingerprint density at radius 2 is 1.93 bits per heavy atom. The summed E-state index contributed by atoms with van der Waals surface area (Å²) in [6.07, 6.45) is 3.84. The van der Waals surface area contributed by atoms with E-state index in [-0.39, 0.29) is 5.91 Å². The number of nitrogens with zero attached hydrogens (tertiary/aromatic N) is 3. The van der Waals surface area contributed by atoms with Crippen molar-refractivity contribution in [3.63, 3.8) is 0 Å². The van der Waals surface area contributed by atoms with Gasteiger partial charge in [-0.3, -0.25) is 9.69 Å². The highest BCUT2D eigenvalue weighted by Gasteiger charge is 2.10. The van der Waals surface area contributed by atoms with Gasteiger partial charge in [-0.25, -0.2) is 9.97 Å². The summed E-state index contributed by atoms with van der Waals surface area (Å²) in [7, 11) is 1.64. The molecule has 150 valence electrons. The fraction of sp³-hybridized carbons (Fsp3) is 0.450. The van der Waals surface area contributed by atoms with Gasteiger partial charge in [0.15, 0.2) is 0 Å². The van der Waals surface area contributed by atoms with Crippen LogP contribution in [0.3, 0.4) is 0 Å². The molecule has 1 saturated heterocycles. The second-order valence-corrected chi connectivity index (χ2v) is 6.52. The second-order valence-electron chi connectivity index (χ2n) is 6.52. The van der Waals surface area contributed by atoms with Crippen molar-refractivity contribution < 1.29 is 14.3 Å². The van der Waals surface area contributed by atoms with Crippen LogP contribution in [0.2, 0.25) is 0 Å². The molecule has 1 aromatic carbocycles. The minimum atomic E-state index is -0.221. The molecule has 0 aliphatic carbocycles. The number of carbonyl (C=O) groups excluding carboxylic acids is 1. The molecule has 28 heavy (non-hydrogen) atoms. The molecular formula is C20H27N5O3. The van der Waals surface area contributed by atoms with Gasteiger partial charge in [0.2, 0.25) is 0 Å². The minimum Gasteiger partial charge on any atom is -0.497 e. The molecule has 1 aromatic heterocycles. The summed E-state index contributed by atoms with van der Waals surface area (Å²) >= 11 is 0. The fourth-order valence-corrected chi connectivity index (χ4v) is 2.91. The topological polar surface area (TPSA) is 88.6 Å². The summed E-state index contributed by atoms with van der Waals surface area (Å²) in [5.41, 5.74) is 1.44. The maximum atomic E-state index is 12.2. The van der Waals surface area contributed by atoms with E-state index < -0.39 is 0 Å². The van der Waals surface area contributed by atoms with Crippen LogP contribution < -0.4 is 15.4 Å². The monoisotopic (exact) mass is 385 g/mol. The van der Waals surface area contributed by atoms with Gasteiger partial charge in [-0.05, 0) is 24.1 Å². The van der Waals surface area contributed by atoms with Gasteiger partial charge in [0, 0.05) is 32.7 Å². The lowest BCUT2D eigenvalue weighted by Gasteiger charge is -2.26. The van der Waals surface area contributed by atoms with Crippen molar-refractivity contribution in [1.29, 1.82) is 0 Å². The van der Waals surface area contributed by atoms with Gasteiger partial charge >= 0.3 is 0 Å². The third kappa shape index (κ3) is 6.17. The Balaban J connectivity index is 1.37. The Labute approximate surface area is 165 Å². The average molecular weight is 385 g/mol. The lowest BCUT2D eigenvalue weighted by atomic mass is 10.1. The molecule has 3 rings (SSSR count). The molecule has 8 heteroatoms. The Hall–Kier alpha value is -2.71. The Morgan fingerprint density at radius 3 is 2.61 bits per heavy atom. The van der Waals surface area contributed by atoms with Crippen LogP contribution in [0, 0.1) is 0 Å². The van der Waals surface area contributed by atoms with Gasteiger partial charge in [-0.1, -0.05) is 12.1 Å². The molecule has 2 heterocycles. The first-order chi connectivity index (χ1) is 13.7. The van der Waals surface area contributed by atoms with E-state index in [1.807, 2.05) is 24.3 Å². The molecular weight excluding hydrogens is 358 g/mol. The molecule has 1 aliphatic rings. The Morgan fingerprint density at radius 1 is 1.14 bits per heavy atom. The number of methoxy groups -OCH3 is 1. The van der Waals surface area contributed by atoms with Crippen LogP contribution in [0.15, 0.2) is 36.7 Å². The molecule has 2 aromatic rings. The van der Waals surface area contributed by atoms with E-state index in [0.717, 1.165) is 57.1 Å². The van der Waals surface area contributed by atoms with Crippen molar-refractivity contribution >= 4 is 11.7 Å². The van der Waals surface area contributed by atoms with Crippen molar-refractivity contribution in [1.82, 2.24) is 20.2 Å². The molecule has 0 bridgehead atoms. The van der Waals surface area contributed by atoms with Crippen molar-refractivity contribution in [3.8, 4) is 5.75 Å². The summed E-state index contributed by atoms with van der Waals surface area (Å²) in [6.45, 7) is 5.75. The van der Waals surface area contributed by atoms with E-state index in [2.05, 4.69) is 25.5 Å². The van der Waals surface area contributed by atoms with Gasteiger partial charge < -0.3 is 20.1 Å². The molecule has 2 N–H and O–H groups in total. The largest absolute Gasteiger partial charge is 0.497 e. The van der Waals surface area contributed by atoms with E-state index in [9.17, 15) is 4.79 Å². The van der Waals surface area contributed by atoms with Crippen LogP contribution in [0.5, 0.6) is 5.75 Å². The van der Waals surface area contributed by atoms with Crippen molar-refractivity contribution in [2.24, 2.45) is 0 Å². The zero-order chi connectivity index (χ0) is 19.6. The predicted molar refractivity (Wildman–Crippen MR) is 107 cm³/mol. The lowest BCUT2D eigenvalue weighted by Crippen LogP contribution is -2.39. The fourth-order valence-electron chi connectivity index (χ4n) is 2.91. The van der Waals surface area contributed by atoms with E-state index in [1.165, 1.54) is 6.20 Å². The van der Waals surface area contributed by atoms with E-state index in [1.54, 1.807) is 13.3 Å². The average Bonchev–Trinajstić information content (AvgIpc) is 2.75. The number of hydrogen-bond acceptors (Lipinski definition) is 7. The number of nitrogens with one attached hydrogen (secondary N) is 2. The van der Waals surface area contributed by atoms with Gasteiger partial charge in [0.1, 0.15) is 17.3 Å². The van der Waals surface area contributed by atoms with Crippen LogP contribution in [0.25, 0.3) is 0 Å². The van der Waals surface area contributed by atoms with Crippen LogP contribution in [0.1, 0.15) is 16.1 Å². The molecule has 0 unspecified atom stereocenters. The third-order valence-electron chi connectivity index (χ3n) is 4.58. The molecule has 1 amide bonds. The number of carbonyl (C=O) groups is 1. The number of rotatable bonds is 9. The van der Waals surface area contributed by atoms with Crippen LogP contribution in [-0.2, 0) is 11.2 Å². The summed E-state index contributed by atoms with van der Waals surface area (Å²) in [6, 6.07) is 7.80. The quantitative estimate of drug-likeness (QED) is 0.671. The SMILES string of the molecule is COc1ccc(CCNC(=O)c2cnc(NCCN3CCOCC3)cn2)cc1. The van der Waals surface area contributed by atoms with Gasteiger partial charge in [0.25, 0.3) is 5.91 Å². The maximum absolute atomic E-state index is 12.2. The molecule has 0 spiro atoms. The highest BCUT2D eigenvalue weighted by atomic mass is 16.5. The highest BCUT2D eigenvalue weighted by molar-refractivity contribution is 5.91. The van der Waals surface area contributed by atoms with E-state index in [4.69, 9.17) is 9.47 Å². The van der Waals surface area contributed by atoms with Crippen molar-refractivity contribution in [2.45, 2.75) is 6.42 Å². The van der Waals surface area contributed by atoms with E-state index in [0.29, 0.717) is 18.1 Å². The Bertz CT molecular complexity index is 731.